The van der Waals surface area contributed by atoms with E-state index in [1.165, 1.54) is 25.7 Å². The zero-order valence-corrected chi connectivity index (χ0v) is 30.7. The molecule has 2 fully saturated rings. The zero-order chi connectivity index (χ0) is 36.5. The summed E-state index contributed by atoms with van der Waals surface area (Å²) in [6.45, 7) is 3.14. The molecule has 282 valence electrons. The van der Waals surface area contributed by atoms with Crippen LogP contribution in [0.25, 0.3) is 11.2 Å². The van der Waals surface area contributed by atoms with Crippen molar-refractivity contribution in [1.82, 2.24) is 49.6 Å². The highest BCUT2D eigenvalue weighted by atomic mass is 32.2. The third-order valence-corrected chi connectivity index (χ3v) is 12.0. The molecule has 5 heterocycles. The van der Waals surface area contributed by atoms with E-state index in [1.807, 2.05) is 11.8 Å². The summed E-state index contributed by atoms with van der Waals surface area (Å²) in [4.78, 5) is 52.5. The van der Waals surface area contributed by atoms with E-state index in [1.54, 1.807) is 10.9 Å². The Balaban J connectivity index is 0.863. The van der Waals surface area contributed by atoms with E-state index in [0.29, 0.717) is 70.1 Å². The van der Waals surface area contributed by atoms with Gasteiger partial charge < -0.3 is 34.7 Å². The van der Waals surface area contributed by atoms with Gasteiger partial charge in [-0.15, -0.1) is 5.10 Å². The number of fused-ring (bicyclic) bond motifs is 2. The predicted molar refractivity (Wildman–Crippen MR) is 186 cm³/mol. The second kappa shape index (κ2) is 17.6. The van der Waals surface area contributed by atoms with Gasteiger partial charge in [-0.2, -0.15) is 16.7 Å². The SMILES string of the molecule is Cn1c(=O)c2c(nc(S(=O)(=O)CCc3cn(CCOCCOCCOCCNC(=O)CCCC[C@@H]4SCC5NC(=O)NC54)nn3)n2C)n(C)c1=O. The Morgan fingerprint density at radius 1 is 0.980 bits per heavy atom. The second-order valence-electron chi connectivity index (χ2n) is 12.4. The summed E-state index contributed by atoms with van der Waals surface area (Å²) < 4.78 is 47.6. The van der Waals surface area contributed by atoms with Crippen LogP contribution in [0, 0.1) is 0 Å². The van der Waals surface area contributed by atoms with Gasteiger partial charge in [-0.1, -0.05) is 11.6 Å². The number of urea groups is 1. The van der Waals surface area contributed by atoms with E-state index in [4.69, 9.17) is 14.2 Å². The Morgan fingerprint density at radius 3 is 2.47 bits per heavy atom. The van der Waals surface area contributed by atoms with Gasteiger partial charge in [0.05, 0.1) is 69.7 Å². The summed E-state index contributed by atoms with van der Waals surface area (Å²) in [6.07, 6.45) is 4.94. The van der Waals surface area contributed by atoms with Gasteiger partial charge in [-0.05, 0) is 12.8 Å². The van der Waals surface area contributed by atoms with Crippen molar-refractivity contribution in [3.05, 3.63) is 32.7 Å². The van der Waals surface area contributed by atoms with Crippen LogP contribution < -0.4 is 27.2 Å². The molecule has 3 aromatic heterocycles. The van der Waals surface area contributed by atoms with Crippen molar-refractivity contribution >= 4 is 44.7 Å². The Morgan fingerprint density at radius 2 is 1.71 bits per heavy atom. The molecule has 2 aliphatic heterocycles. The summed E-state index contributed by atoms with van der Waals surface area (Å²) in [5, 5.41) is 17.0. The molecular formula is C30H46N10O9S2. The number of thioether (sulfide) groups is 1. The molecule has 2 saturated heterocycles. The lowest BCUT2D eigenvalue weighted by molar-refractivity contribution is -0.121. The standard InChI is InChI=1S/C30H46N10O9S2/c1-37-25-26(38(2)30(44)39(3)27(25)42)34-29(37)51(45,46)17-8-20-18-40(36-35-20)10-12-48-14-16-49-15-13-47-11-9-31-23(41)7-5-4-6-22-24-21(19-50-22)32-28(43)33-24/h18,21-22,24H,4-17,19H2,1-3H3,(H,31,41)(H2,32,33,43)/t21?,22-,24?/m0/s1. The maximum absolute atomic E-state index is 13.1. The van der Waals surface area contributed by atoms with Gasteiger partial charge in [0.1, 0.15) is 0 Å². The summed E-state index contributed by atoms with van der Waals surface area (Å²) in [5.74, 6) is 0.636. The average molecular weight is 755 g/mol. The molecule has 51 heavy (non-hydrogen) atoms. The number of nitrogens with zero attached hydrogens (tertiary/aromatic N) is 7. The minimum atomic E-state index is -3.92. The Bertz CT molecular complexity index is 1910. The van der Waals surface area contributed by atoms with Crippen molar-refractivity contribution in [1.29, 1.82) is 0 Å². The number of aryl methyl sites for hydroxylation is 3. The van der Waals surface area contributed by atoms with Crippen molar-refractivity contribution < 1.29 is 32.2 Å². The Hall–Kier alpha value is -3.79. The molecular weight excluding hydrogens is 709 g/mol. The summed E-state index contributed by atoms with van der Waals surface area (Å²) in [5.41, 5.74) is -0.726. The minimum absolute atomic E-state index is 0.00254. The lowest BCUT2D eigenvalue weighted by Gasteiger charge is -2.16. The normalized spacial score (nSPS) is 18.6. The number of aromatic nitrogens is 7. The maximum Gasteiger partial charge on any atom is 0.332 e. The number of unbranched alkanes of at least 4 members (excludes halogenated alkanes) is 1. The number of carbonyl (C=O) groups is 2. The number of ether oxygens (including phenoxy) is 3. The molecule has 0 aromatic carbocycles. The van der Waals surface area contributed by atoms with E-state index in [9.17, 15) is 27.6 Å². The molecule has 3 N–H and O–H groups in total. The van der Waals surface area contributed by atoms with Crippen LogP contribution in [-0.2, 0) is 63.0 Å². The molecule has 3 aromatic rings. The number of hydrogen-bond acceptors (Lipinski definition) is 13. The smallest absolute Gasteiger partial charge is 0.332 e. The van der Waals surface area contributed by atoms with E-state index >= 15 is 0 Å². The molecule has 0 spiro atoms. The lowest BCUT2D eigenvalue weighted by atomic mass is 10.0. The van der Waals surface area contributed by atoms with Gasteiger partial charge in [0.2, 0.25) is 20.9 Å². The first-order chi connectivity index (χ1) is 24.5. The van der Waals surface area contributed by atoms with Crippen LogP contribution in [0.2, 0.25) is 0 Å². The second-order valence-corrected chi connectivity index (χ2v) is 15.7. The highest BCUT2D eigenvalue weighted by molar-refractivity contribution is 8.00. The molecule has 0 bridgehead atoms. The van der Waals surface area contributed by atoms with Gasteiger partial charge in [0.15, 0.2) is 11.2 Å². The third kappa shape index (κ3) is 9.76. The first kappa shape index (κ1) is 38.4. The summed E-state index contributed by atoms with van der Waals surface area (Å²) in [7, 11) is 0.268. The number of carbonyl (C=O) groups excluding carboxylic acids is 2. The summed E-state index contributed by atoms with van der Waals surface area (Å²) >= 11 is 1.88. The minimum Gasteiger partial charge on any atom is -0.377 e. The molecule has 0 saturated carbocycles. The van der Waals surface area contributed by atoms with Gasteiger partial charge >= 0.3 is 11.7 Å². The van der Waals surface area contributed by atoms with E-state index in [-0.39, 0.29) is 52.5 Å². The fraction of sp³-hybridized carbons (Fsp3) is 0.700. The quantitative estimate of drug-likeness (QED) is 0.0831. The molecule has 3 amide bonds. The van der Waals surface area contributed by atoms with E-state index in [0.717, 1.165) is 34.1 Å². The van der Waals surface area contributed by atoms with Crippen LogP contribution in [0.1, 0.15) is 31.4 Å². The van der Waals surface area contributed by atoms with Crippen molar-refractivity contribution in [3.63, 3.8) is 0 Å². The van der Waals surface area contributed by atoms with Crippen LogP contribution in [0.15, 0.2) is 20.9 Å². The van der Waals surface area contributed by atoms with Gasteiger partial charge in [-0.25, -0.2) is 22.7 Å². The number of hydrogen-bond donors (Lipinski definition) is 3. The molecule has 2 unspecified atom stereocenters. The fourth-order valence-electron chi connectivity index (χ4n) is 5.99. The number of imidazole rings is 1. The number of sulfone groups is 1. The van der Waals surface area contributed by atoms with Crippen LogP contribution >= 0.6 is 11.8 Å². The highest BCUT2D eigenvalue weighted by Crippen LogP contribution is 2.33. The van der Waals surface area contributed by atoms with Gasteiger partial charge in [0, 0.05) is 57.7 Å². The van der Waals surface area contributed by atoms with E-state index in [2.05, 4.69) is 31.2 Å². The van der Waals surface area contributed by atoms with Crippen molar-refractivity contribution in [2.45, 2.75) is 61.1 Å². The number of amides is 3. The van der Waals surface area contributed by atoms with Crippen LogP contribution in [0.5, 0.6) is 0 Å². The van der Waals surface area contributed by atoms with Crippen molar-refractivity contribution in [3.8, 4) is 0 Å². The Labute approximate surface area is 298 Å². The van der Waals surface area contributed by atoms with Gasteiger partial charge in [0.25, 0.3) is 5.56 Å². The lowest BCUT2D eigenvalue weighted by Crippen LogP contribution is -2.37. The van der Waals surface area contributed by atoms with Crippen LogP contribution in [0.3, 0.4) is 0 Å². The first-order valence-electron chi connectivity index (χ1n) is 16.9. The highest BCUT2D eigenvalue weighted by Gasteiger charge is 2.42. The van der Waals surface area contributed by atoms with Crippen LogP contribution in [0.4, 0.5) is 4.79 Å². The predicted octanol–water partition coefficient (Wildman–Crippen LogP) is -1.53. The number of nitrogens with one attached hydrogen (secondary N) is 3. The molecule has 19 nitrogen and oxygen atoms in total. The van der Waals surface area contributed by atoms with Crippen molar-refractivity contribution in [2.24, 2.45) is 21.1 Å². The fourth-order valence-corrected chi connectivity index (χ4v) is 8.93. The van der Waals surface area contributed by atoms with E-state index < -0.39 is 21.1 Å². The third-order valence-electron chi connectivity index (χ3n) is 8.78. The first-order valence-corrected chi connectivity index (χ1v) is 19.6. The maximum atomic E-state index is 13.1. The molecule has 5 rings (SSSR count). The molecule has 0 radical (unpaired) electrons. The zero-order valence-electron chi connectivity index (χ0n) is 29.0. The topological polar surface area (TPSA) is 225 Å². The number of rotatable bonds is 21. The van der Waals surface area contributed by atoms with Gasteiger partial charge in [-0.3, -0.25) is 18.7 Å². The Kier molecular flexibility index (Phi) is 13.3. The molecule has 21 heteroatoms. The monoisotopic (exact) mass is 754 g/mol. The van der Waals surface area contributed by atoms with Crippen LogP contribution in [-0.4, -0.2) is 129 Å². The largest absolute Gasteiger partial charge is 0.377 e. The average Bonchev–Trinajstić information content (AvgIpc) is 3.88. The summed E-state index contributed by atoms with van der Waals surface area (Å²) in [6, 6.07) is 0.346. The molecule has 3 atom stereocenters. The molecule has 0 aliphatic carbocycles. The van der Waals surface area contributed by atoms with Crippen molar-refractivity contribution in [2.75, 3.05) is 57.7 Å². The molecule has 2 aliphatic rings.